The molecule has 20 heavy (non-hydrogen) atoms. The van der Waals surface area contributed by atoms with Crippen LogP contribution in [0, 0.1) is 17.0 Å². The van der Waals surface area contributed by atoms with Gasteiger partial charge in [-0.2, -0.15) is 0 Å². The van der Waals surface area contributed by atoms with Gasteiger partial charge in [-0.25, -0.2) is 0 Å². The molecule has 1 amide bonds. The van der Waals surface area contributed by atoms with Crippen molar-refractivity contribution in [1.82, 2.24) is 5.32 Å². The average molecular weight is 279 g/mol. The number of rotatable bonds is 7. The van der Waals surface area contributed by atoms with Crippen LogP contribution < -0.4 is 15.8 Å². The summed E-state index contributed by atoms with van der Waals surface area (Å²) in [5, 5.41) is 13.8. The lowest BCUT2D eigenvalue weighted by Gasteiger charge is -2.16. The second kappa shape index (κ2) is 5.87. The lowest BCUT2D eigenvalue weighted by Crippen LogP contribution is -2.46. The first-order valence-electron chi connectivity index (χ1n) is 6.40. The molecule has 0 bridgehead atoms. The number of hydrogen-bond donors (Lipinski definition) is 2. The minimum atomic E-state index is -0.544. The van der Waals surface area contributed by atoms with Crippen molar-refractivity contribution in [2.24, 2.45) is 5.73 Å². The first-order valence-corrected chi connectivity index (χ1v) is 6.40. The number of ether oxygens (including phenoxy) is 1. The fourth-order valence-electron chi connectivity index (χ4n) is 1.85. The number of nitro groups is 1. The van der Waals surface area contributed by atoms with Crippen LogP contribution in [-0.4, -0.2) is 29.5 Å². The number of nitrogens with two attached hydrogens (primary N) is 1. The zero-order chi connectivity index (χ0) is 14.7. The second-order valence-corrected chi connectivity index (χ2v) is 4.91. The van der Waals surface area contributed by atoms with E-state index in [4.69, 9.17) is 10.5 Å². The molecule has 1 atom stereocenters. The molecular formula is C13H17N3O4. The Hall–Kier alpha value is -2.15. The highest BCUT2D eigenvalue weighted by Crippen LogP contribution is 2.23. The highest BCUT2D eigenvalue weighted by Gasteiger charge is 2.27. The first-order chi connectivity index (χ1) is 9.47. The van der Waals surface area contributed by atoms with Crippen molar-refractivity contribution in [1.29, 1.82) is 0 Å². The van der Waals surface area contributed by atoms with Crippen LogP contribution in [0.25, 0.3) is 0 Å². The molecule has 1 aliphatic carbocycles. The molecule has 0 aliphatic heterocycles. The molecule has 1 unspecified atom stereocenters. The Labute approximate surface area is 116 Å². The standard InChI is InChI=1S/C13H17N3O4/c1-8-6-10(4-5-12(8)16(18)19)20-7-11(13(14)17)15-9-2-3-9/h4-6,9,11,15H,2-3,7H2,1H3,(H2,14,17). The molecule has 1 aromatic carbocycles. The van der Waals surface area contributed by atoms with Crippen LogP contribution in [0.5, 0.6) is 5.75 Å². The van der Waals surface area contributed by atoms with Gasteiger partial charge in [0.2, 0.25) is 5.91 Å². The van der Waals surface area contributed by atoms with Crippen molar-refractivity contribution in [3.63, 3.8) is 0 Å². The van der Waals surface area contributed by atoms with Gasteiger partial charge in [-0.15, -0.1) is 0 Å². The first kappa shape index (κ1) is 14.3. The molecule has 2 rings (SSSR count). The van der Waals surface area contributed by atoms with E-state index in [1.54, 1.807) is 13.0 Å². The van der Waals surface area contributed by atoms with Crippen LogP contribution in [0.4, 0.5) is 5.69 Å². The highest BCUT2D eigenvalue weighted by atomic mass is 16.6. The largest absolute Gasteiger partial charge is 0.491 e. The normalized spacial score (nSPS) is 15.7. The molecule has 3 N–H and O–H groups in total. The zero-order valence-electron chi connectivity index (χ0n) is 11.2. The van der Waals surface area contributed by atoms with Gasteiger partial charge in [-0.1, -0.05) is 0 Å². The Bertz CT molecular complexity index is 528. The molecule has 0 spiro atoms. The number of amides is 1. The summed E-state index contributed by atoms with van der Waals surface area (Å²) in [6.07, 6.45) is 2.08. The van der Waals surface area contributed by atoms with Crippen LogP contribution >= 0.6 is 0 Å². The molecule has 0 heterocycles. The van der Waals surface area contributed by atoms with Crippen molar-refractivity contribution < 1.29 is 14.5 Å². The molecule has 1 fully saturated rings. The second-order valence-electron chi connectivity index (χ2n) is 4.91. The SMILES string of the molecule is Cc1cc(OCC(NC2CC2)C(N)=O)ccc1[N+](=O)[O-]. The fraction of sp³-hybridized carbons (Fsp3) is 0.462. The molecule has 1 aliphatic rings. The smallest absolute Gasteiger partial charge is 0.272 e. The van der Waals surface area contributed by atoms with Crippen LogP contribution in [0.2, 0.25) is 0 Å². The maximum absolute atomic E-state index is 11.3. The van der Waals surface area contributed by atoms with E-state index in [1.165, 1.54) is 12.1 Å². The highest BCUT2D eigenvalue weighted by molar-refractivity contribution is 5.80. The maximum Gasteiger partial charge on any atom is 0.272 e. The topological polar surface area (TPSA) is 107 Å². The number of nitrogens with one attached hydrogen (secondary N) is 1. The van der Waals surface area contributed by atoms with E-state index in [2.05, 4.69) is 5.32 Å². The van der Waals surface area contributed by atoms with E-state index in [1.807, 2.05) is 0 Å². The number of carbonyl (C=O) groups is 1. The predicted octanol–water partition coefficient (Wildman–Crippen LogP) is 0.888. The number of aryl methyl sites for hydroxylation is 1. The van der Waals surface area contributed by atoms with E-state index in [0.717, 1.165) is 12.8 Å². The van der Waals surface area contributed by atoms with Crippen molar-refractivity contribution in [2.45, 2.75) is 31.8 Å². The third-order valence-corrected chi connectivity index (χ3v) is 3.14. The van der Waals surface area contributed by atoms with E-state index < -0.39 is 16.9 Å². The van der Waals surface area contributed by atoms with Gasteiger partial charge in [0, 0.05) is 17.7 Å². The van der Waals surface area contributed by atoms with Gasteiger partial charge in [-0.05, 0) is 31.9 Å². The average Bonchev–Trinajstić information content (AvgIpc) is 3.17. The minimum Gasteiger partial charge on any atom is -0.491 e. The summed E-state index contributed by atoms with van der Waals surface area (Å²) in [4.78, 5) is 21.6. The summed E-state index contributed by atoms with van der Waals surface area (Å²) >= 11 is 0. The number of benzene rings is 1. The van der Waals surface area contributed by atoms with Gasteiger partial charge in [0.05, 0.1) is 4.92 Å². The van der Waals surface area contributed by atoms with Crippen LogP contribution in [-0.2, 0) is 4.79 Å². The lowest BCUT2D eigenvalue weighted by atomic mass is 10.2. The molecule has 0 radical (unpaired) electrons. The minimum absolute atomic E-state index is 0.0416. The van der Waals surface area contributed by atoms with E-state index in [9.17, 15) is 14.9 Å². The van der Waals surface area contributed by atoms with Crippen molar-refractivity contribution in [3.05, 3.63) is 33.9 Å². The van der Waals surface area contributed by atoms with Gasteiger partial charge < -0.3 is 15.8 Å². The van der Waals surface area contributed by atoms with Crippen molar-refractivity contribution in [3.8, 4) is 5.75 Å². The Morgan fingerprint density at radius 2 is 2.30 bits per heavy atom. The number of nitrogens with zero attached hydrogens (tertiary/aromatic N) is 1. The summed E-state index contributed by atoms with van der Waals surface area (Å²) in [6.45, 7) is 1.75. The van der Waals surface area contributed by atoms with Crippen molar-refractivity contribution >= 4 is 11.6 Å². The molecule has 7 heteroatoms. The van der Waals surface area contributed by atoms with Crippen LogP contribution in [0.1, 0.15) is 18.4 Å². The Kier molecular flexibility index (Phi) is 4.19. The summed E-state index contributed by atoms with van der Waals surface area (Å²) in [6, 6.07) is 4.28. The molecule has 1 saturated carbocycles. The molecule has 108 valence electrons. The van der Waals surface area contributed by atoms with Crippen molar-refractivity contribution in [2.75, 3.05) is 6.61 Å². The van der Waals surface area contributed by atoms with E-state index in [0.29, 0.717) is 17.4 Å². The molecular weight excluding hydrogens is 262 g/mol. The molecule has 7 nitrogen and oxygen atoms in total. The fourth-order valence-corrected chi connectivity index (χ4v) is 1.85. The summed E-state index contributed by atoms with van der Waals surface area (Å²) in [5.41, 5.74) is 5.85. The number of nitro benzene ring substituents is 1. The van der Waals surface area contributed by atoms with Gasteiger partial charge in [0.25, 0.3) is 5.69 Å². The van der Waals surface area contributed by atoms with Gasteiger partial charge in [-0.3, -0.25) is 14.9 Å². The van der Waals surface area contributed by atoms with Gasteiger partial charge >= 0.3 is 0 Å². The summed E-state index contributed by atoms with van der Waals surface area (Å²) in [7, 11) is 0. The molecule has 0 saturated heterocycles. The van der Waals surface area contributed by atoms with Gasteiger partial charge in [0.15, 0.2) is 0 Å². The zero-order valence-corrected chi connectivity index (χ0v) is 11.2. The molecule has 1 aromatic rings. The van der Waals surface area contributed by atoms with E-state index >= 15 is 0 Å². The Balaban J connectivity index is 1.96. The van der Waals surface area contributed by atoms with E-state index in [-0.39, 0.29) is 12.3 Å². The number of primary amides is 1. The summed E-state index contributed by atoms with van der Waals surface area (Å²) in [5.74, 6) is 0.0208. The Morgan fingerprint density at radius 1 is 1.60 bits per heavy atom. The van der Waals surface area contributed by atoms with Crippen LogP contribution in [0.3, 0.4) is 0 Å². The number of hydrogen-bond acceptors (Lipinski definition) is 5. The quantitative estimate of drug-likeness (QED) is 0.569. The predicted molar refractivity (Wildman–Crippen MR) is 72.5 cm³/mol. The maximum atomic E-state index is 11.3. The number of carbonyl (C=O) groups excluding carboxylic acids is 1. The molecule has 0 aromatic heterocycles. The van der Waals surface area contributed by atoms with Gasteiger partial charge in [0.1, 0.15) is 18.4 Å². The third-order valence-electron chi connectivity index (χ3n) is 3.14. The lowest BCUT2D eigenvalue weighted by molar-refractivity contribution is -0.385. The Morgan fingerprint density at radius 3 is 2.80 bits per heavy atom. The third kappa shape index (κ3) is 3.67. The summed E-state index contributed by atoms with van der Waals surface area (Å²) < 4.78 is 5.49. The monoisotopic (exact) mass is 279 g/mol. The van der Waals surface area contributed by atoms with Crippen LogP contribution in [0.15, 0.2) is 18.2 Å².